The van der Waals surface area contributed by atoms with Gasteiger partial charge in [0.15, 0.2) is 6.10 Å². The molecule has 398 valence electrons. The van der Waals surface area contributed by atoms with Crippen LogP contribution in [0.2, 0.25) is 0 Å². The highest BCUT2D eigenvalue weighted by Gasteiger charge is 2.19. The zero-order valence-corrected chi connectivity index (χ0v) is 46.0. The molecule has 0 aliphatic carbocycles. The van der Waals surface area contributed by atoms with Gasteiger partial charge in [0.25, 0.3) is 0 Å². The lowest BCUT2D eigenvalue weighted by Crippen LogP contribution is -2.30. The lowest BCUT2D eigenvalue weighted by molar-refractivity contribution is -0.167. The largest absolute Gasteiger partial charge is 0.462 e. The highest BCUT2D eigenvalue weighted by molar-refractivity contribution is 5.71. The number of carbonyl (C=O) groups excluding carboxylic acids is 3. The molecule has 0 saturated heterocycles. The maximum absolute atomic E-state index is 12.9. The molecule has 0 rings (SSSR count). The fraction of sp³-hybridized carbons (Fsp3) is 0.951. The fourth-order valence-corrected chi connectivity index (χ4v) is 9.40. The molecule has 0 amide bonds. The van der Waals surface area contributed by atoms with Crippen molar-refractivity contribution in [3.05, 3.63) is 0 Å². The van der Waals surface area contributed by atoms with Crippen molar-refractivity contribution in [1.82, 2.24) is 0 Å². The predicted molar refractivity (Wildman–Crippen MR) is 289 cm³/mol. The van der Waals surface area contributed by atoms with Crippen molar-refractivity contribution in [1.29, 1.82) is 0 Å². The van der Waals surface area contributed by atoms with Crippen molar-refractivity contribution in [3.8, 4) is 0 Å². The summed E-state index contributed by atoms with van der Waals surface area (Å²) in [6, 6.07) is 0. The molecule has 0 fully saturated rings. The number of carbonyl (C=O) groups is 3. The predicted octanol–water partition coefficient (Wildman–Crippen LogP) is 20.0. The van der Waals surface area contributed by atoms with Crippen molar-refractivity contribution in [2.24, 2.45) is 11.8 Å². The van der Waals surface area contributed by atoms with E-state index >= 15 is 0 Å². The normalized spacial score (nSPS) is 12.0. The van der Waals surface area contributed by atoms with Gasteiger partial charge in [0.2, 0.25) is 0 Å². The number of hydrogen-bond acceptors (Lipinski definition) is 6. The molecule has 1 atom stereocenters. The molecular formula is C61H118O6. The number of unbranched alkanes of at least 4 members (excludes halogenated alkanes) is 40. The summed E-state index contributed by atoms with van der Waals surface area (Å²) in [7, 11) is 0. The lowest BCUT2D eigenvalue weighted by Gasteiger charge is -2.18. The highest BCUT2D eigenvalue weighted by atomic mass is 16.6. The maximum atomic E-state index is 12.9. The van der Waals surface area contributed by atoms with Gasteiger partial charge in [0, 0.05) is 19.3 Å². The molecule has 0 saturated carbocycles. The molecule has 0 aliphatic heterocycles. The van der Waals surface area contributed by atoms with Crippen LogP contribution in [0.3, 0.4) is 0 Å². The molecule has 0 heterocycles. The molecule has 0 radical (unpaired) electrons. The van der Waals surface area contributed by atoms with Gasteiger partial charge in [-0.05, 0) is 31.1 Å². The third-order valence-corrected chi connectivity index (χ3v) is 14.0. The van der Waals surface area contributed by atoms with Gasteiger partial charge >= 0.3 is 17.9 Å². The van der Waals surface area contributed by atoms with Crippen LogP contribution in [0.1, 0.15) is 343 Å². The monoisotopic (exact) mass is 947 g/mol. The molecule has 0 aromatic carbocycles. The van der Waals surface area contributed by atoms with Crippen LogP contribution in [0.4, 0.5) is 0 Å². The molecule has 0 aromatic heterocycles. The molecule has 0 aromatic rings. The zero-order valence-electron chi connectivity index (χ0n) is 46.0. The van der Waals surface area contributed by atoms with E-state index < -0.39 is 6.10 Å². The van der Waals surface area contributed by atoms with E-state index in [2.05, 4.69) is 34.6 Å². The Balaban J connectivity index is 4.21. The van der Waals surface area contributed by atoms with Gasteiger partial charge in [-0.1, -0.05) is 304 Å². The molecule has 6 heteroatoms. The van der Waals surface area contributed by atoms with Crippen molar-refractivity contribution < 1.29 is 28.6 Å². The van der Waals surface area contributed by atoms with E-state index in [1.54, 1.807) is 0 Å². The Kier molecular flexibility index (Phi) is 52.5. The van der Waals surface area contributed by atoms with Crippen LogP contribution in [0.25, 0.3) is 0 Å². The summed E-state index contributed by atoms with van der Waals surface area (Å²) in [6.07, 6.45) is 58.2. The van der Waals surface area contributed by atoms with Crippen LogP contribution in [-0.2, 0) is 28.6 Å². The van der Waals surface area contributed by atoms with Crippen molar-refractivity contribution in [3.63, 3.8) is 0 Å². The maximum Gasteiger partial charge on any atom is 0.306 e. The van der Waals surface area contributed by atoms with E-state index in [0.717, 1.165) is 69.6 Å². The topological polar surface area (TPSA) is 78.9 Å². The van der Waals surface area contributed by atoms with E-state index in [4.69, 9.17) is 14.2 Å². The molecule has 67 heavy (non-hydrogen) atoms. The van der Waals surface area contributed by atoms with Crippen LogP contribution < -0.4 is 0 Å². The van der Waals surface area contributed by atoms with Gasteiger partial charge < -0.3 is 14.2 Å². The average molecular weight is 948 g/mol. The molecule has 0 aliphatic rings. The summed E-state index contributed by atoms with van der Waals surface area (Å²) in [5, 5.41) is 0. The second-order valence-electron chi connectivity index (χ2n) is 21.9. The summed E-state index contributed by atoms with van der Waals surface area (Å²) in [5.41, 5.74) is 0. The summed E-state index contributed by atoms with van der Waals surface area (Å²) in [6.45, 7) is 11.4. The number of esters is 3. The Morgan fingerprint density at radius 3 is 0.731 bits per heavy atom. The third kappa shape index (κ3) is 55.2. The highest BCUT2D eigenvalue weighted by Crippen LogP contribution is 2.19. The van der Waals surface area contributed by atoms with E-state index in [-0.39, 0.29) is 31.1 Å². The van der Waals surface area contributed by atoms with E-state index in [9.17, 15) is 14.4 Å². The lowest BCUT2D eigenvalue weighted by atomic mass is 10.0. The first kappa shape index (κ1) is 65.4. The van der Waals surface area contributed by atoms with Gasteiger partial charge in [0.05, 0.1) is 0 Å². The van der Waals surface area contributed by atoms with Gasteiger partial charge in [0.1, 0.15) is 13.2 Å². The Bertz CT molecular complexity index is 1020. The number of hydrogen-bond donors (Lipinski definition) is 0. The second kappa shape index (κ2) is 53.8. The van der Waals surface area contributed by atoms with E-state index in [1.807, 2.05) is 0 Å². The quantitative estimate of drug-likeness (QED) is 0.0343. The first-order chi connectivity index (χ1) is 32.7. The standard InChI is InChI=1S/C61H118O6/c1-6-7-8-9-10-11-31-36-41-46-51-59(62)65-54-58(55-66-60(63)52-47-42-37-32-27-23-20-16-18-22-26-30-35-40-45-50-57(4)5)67-61(64)53-48-43-38-33-28-24-19-15-13-12-14-17-21-25-29-34-39-44-49-56(2)3/h56-58H,6-55H2,1-5H3/t58-/m1/s1. The molecular weight excluding hydrogens is 829 g/mol. The van der Waals surface area contributed by atoms with Gasteiger partial charge in [-0.15, -0.1) is 0 Å². The summed E-state index contributed by atoms with van der Waals surface area (Å²) in [4.78, 5) is 38.1. The molecule has 0 unspecified atom stereocenters. The van der Waals surface area contributed by atoms with Crippen molar-refractivity contribution in [2.45, 2.75) is 349 Å². The Morgan fingerprint density at radius 1 is 0.284 bits per heavy atom. The Morgan fingerprint density at radius 2 is 0.493 bits per heavy atom. The van der Waals surface area contributed by atoms with Crippen LogP contribution in [0.15, 0.2) is 0 Å². The van der Waals surface area contributed by atoms with Gasteiger partial charge in [-0.2, -0.15) is 0 Å². The summed E-state index contributed by atoms with van der Waals surface area (Å²) >= 11 is 0. The number of rotatable bonds is 55. The third-order valence-electron chi connectivity index (χ3n) is 14.0. The summed E-state index contributed by atoms with van der Waals surface area (Å²) < 4.78 is 16.9. The van der Waals surface area contributed by atoms with Crippen LogP contribution in [0, 0.1) is 11.8 Å². The van der Waals surface area contributed by atoms with Crippen LogP contribution in [-0.4, -0.2) is 37.2 Å². The number of ether oxygens (including phenoxy) is 3. The van der Waals surface area contributed by atoms with Crippen molar-refractivity contribution in [2.75, 3.05) is 13.2 Å². The summed E-state index contributed by atoms with van der Waals surface area (Å²) in [5.74, 6) is 0.870. The van der Waals surface area contributed by atoms with Gasteiger partial charge in [-0.3, -0.25) is 14.4 Å². The Hall–Kier alpha value is -1.59. The van der Waals surface area contributed by atoms with Crippen LogP contribution in [0.5, 0.6) is 0 Å². The van der Waals surface area contributed by atoms with E-state index in [0.29, 0.717) is 19.3 Å². The molecule has 6 nitrogen and oxygen atoms in total. The fourth-order valence-electron chi connectivity index (χ4n) is 9.40. The van der Waals surface area contributed by atoms with Crippen molar-refractivity contribution >= 4 is 17.9 Å². The SMILES string of the molecule is CCCCCCCCCCCCC(=O)OC[C@H](COC(=O)CCCCCCCCCCCCCCCCCC(C)C)OC(=O)CCCCCCCCCCCCCCCCCCCCC(C)C. The average Bonchev–Trinajstić information content (AvgIpc) is 3.30. The zero-order chi connectivity index (χ0) is 48.9. The Labute approximate surface area is 418 Å². The molecule has 0 N–H and O–H groups in total. The minimum Gasteiger partial charge on any atom is -0.462 e. The van der Waals surface area contributed by atoms with Crippen LogP contribution >= 0.6 is 0 Å². The molecule has 0 spiro atoms. The first-order valence-electron chi connectivity index (χ1n) is 30.2. The van der Waals surface area contributed by atoms with Gasteiger partial charge in [-0.25, -0.2) is 0 Å². The minimum atomic E-state index is -0.762. The first-order valence-corrected chi connectivity index (χ1v) is 30.2. The van der Waals surface area contributed by atoms with E-state index in [1.165, 1.54) is 231 Å². The smallest absolute Gasteiger partial charge is 0.306 e. The second-order valence-corrected chi connectivity index (χ2v) is 21.9. The minimum absolute atomic E-state index is 0.0623. The molecule has 0 bridgehead atoms.